The Balaban J connectivity index is 1.40. The highest BCUT2D eigenvalue weighted by Crippen LogP contribution is 2.35. The molecule has 0 radical (unpaired) electrons. The van der Waals surface area contributed by atoms with E-state index in [1.165, 1.54) is 18.9 Å². The number of amides is 1. The van der Waals surface area contributed by atoms with Crippen molar-refractivity contribution in [2.24, 2.45) is 5.92 Å². The fourth-order valence-electron chi connectivity index (χ4n) is 3.95. The van der Waals surface area contributed by atoms with Crippen molar-refractivity contribution in [3.05, 3.63) is 72.3 Å². The summed E-state index contributed by atoms with van der Waals surface area (Å²) in [5, 5.41) is 9.16. The fourth-order valence-corrected chi connectivity index (χ4v) is 3.95. The Morgan fingerprint density at radius 2 is 1.91 bits per heavy atom. The summed E-state index contributed by atoms with van der Waals surface area (Å²) in [6, 6.07) is 16.0. The number of rotatable bonds is 7. The number of carbonyl (C=O) groups excluding carboxylic acids is 1. The molecule has 2 heterocycles. The predicted octanol–water partition coefficient (Wildman–Crippen LogP) is 4.54. The first-order chi connectivity index (χ1) is 16.5. The maximum absolute atomic E-state index is 14.2. The minimum atomic E-state index is -0.393. The van der Waals surface area contributed by atoms with Crippen LogP contribution in [0.5, 0.6) is 5.75 Å². The number of carbonyl (C=O) groups is 1. The van der Waals surface area contributed by atoms with Crippen LogP contribution in [0.15, 0.2) is 60.8 Å². The molecule has 1 aliphatic rings. The number of halogens is 1. The lowest BCUT2D eigenvalue weighted by Crippen LogP contribution is -2.44. The van der Waals surface area contributed by atoms with Gasteiger partial charge in [0, 0.05) is 28.8 Å². The summed E-state index contributed by atoms with van der Waals surface area (Å²) in [6.07, 6.45) is 3.93. The van der Waals surface area contributed by atoms with Crippen LogP contribution >= 0.6 is 0 Å². The molecule has 0 bridgehead atoms. The van der Waals surface area contributed by atoms with E-state index in [4.69, 9.17) is 4.74 Å². The van der Waals surface area contributed by atoms with Gasteiger partial charge in [0.1, 0.15) is 17.3 Å². The minimum Gasteiger partial charge on any atom is -0.496 e. The Hall–Kier alpha value is -3.91. The van der Waals surface area contributed by atoms with Crippen LogP contribution in [0.3, 0.4) is 0 Å². The summed E-state index contributed by atoms with van der Waals surface area (Å²) in [6.45, 7) is 2.05. The summed E-state index contributed by atoms with van der Waals surface area (Å²) in [5.74, 6) is 0.498. The van der Waals surface area contributed by atoms with Gasteiger partial charge in [-0.1, -0.05) is 18.2 Å². The van der Waals surface area contributed by atoms with Crippen molar-refractivity contribution in [3.63, 3.8) is 0 Å². The number of fused-ring (bicyclic) bond motifs is 1. The van der Waals surface area contributed by atoms with Crippen molar-refractivity contribution < 1.29 is 13.9 Å². The Labute approximate surface area is 196 Å². The Kier molecular flexibility index (Phi) is 5.90. The van der Waals surface area contributed by atoms with Crippen molar-refractivity contribution in [2.45, 2.75) is 25.8 Å². The molecule has 0 saturated heterocycles. The molecule has 2 aromatic carbocycles. The lowest BCUT2D eigenvalue weighted by atomic mass is 9.99. The monoisotopic (exact) mass is 457 g/mol. The number of benzene rings is 2. The van der Waals surface area contributed by atoms with Gasteiger partial charge in [0.2, 0.25) is 0 Å². The third-order valence-electron chi connectivity index (χ3n) is 6.11. The van der Waals surface area contributed by atoms with Gasteiger partial charge in [0.25, 0.3) is 5.91 Å². The standard InChI is InChI=1S/C26H24FN5O2/c1-15(16-5-6-16)29-32-26(33)23-13-18-8-7-17(12-22(18)30-31-23)20-10-9-19(14-24(20)34-2)25-21(27)4-3-11-28-25/h3-4,7-16,29H,5-6H2,1-2H3,(H,32,33)/t15-/m1/s1. The van der Waals surface area contributed by atoms with Crippen LogP contribution in [0.1, 0.15) is 30.3 Å². The first-order valence-electron chi connectivity index (χ1n) is 11.2. The number of methoxy groups -OCH3 is 1. The van der Waals surface area contributed by atoms with Gasteiger partial charge in [0.15, 0.2) is 5.69 Å². The van der Waals surface area contributed by atoms with Gasteiger partial charge in [-0.25, -0.2) is 9.82 Å². The summed E-state index contributed by atoms with van der Waals surface area (Å²) >= 11 is 0. The van der Waals surface area contributed by atoms with Crippen LogP contribution in [0.4, 0.5) is 4.39 Å². The zero-order valence-corrected chi connectivity index (χ0v) is 18.9. The zero-order chi connectivity index (χ0) is 23.7. The average molecular weight is 458 g/mol. The quantitative estimate of drug-likeness (QED) is 0.396. The van der Waals surface area contributed by atoms with Crippen molar-refractivity contribution in [1.29, 1.82) is 0 Å². The van der Waals surface area contributed by atoms with E-state index in [-0.39, 0.29) is 23.3 Å². The molecule has 8 heteroatoms. The second kappa shape index (κ2) is 9.15. The molecule has 1 saturated carbocycles. The molecular formula is C26H24FN5O2. The van der Waals surface area contributed by atoms with Crippen LogP contribution in [0, 0.1) is 11.7 Å². The third-order valence-corrected chi connectivity index (χ3v) is 6.11. The zero-order valence-electron chi connectivity index (χ0n) is 18.9. The lowest BCUT2D eigenvalue weighted by Gasteiger charge is -2.13. The lowest BCUT2D eigenvalue weighted by molar-refractivity contribution is 0.0918. The van der Waals surface area contributed by atoms with Gasteiger partial charge in [0.05, 0.1) is 12.6 Å². The normalized spacial score (nSPS) is 14.1. The van der Waals surface area contributed by atoms with E-state index in [1.54, 1.807) is 31.5 Å². The number of hydrogen-bond acceptors (Lipinski definition) is 6. The van der Waals surface area contributed by atoms with Crippen LogP contribution in [0.2, 0.25) is 0 Å². The second-order valence-electron chi connectivity index (χ2n) is 8.48. The number of hydrazine groups is 1. The van der Waals surface area contributed by atoms with Crippen molar-refractivity contribution in [2.75, 3.05) is 7.11 Å². The minimum absolute atomic E-state index is 0.232. The van der Waals surface area contributed by atoms with E-state index in [0.29, 0.717) is 22.7 Å². The van der Waals surface area contributed by atoms with Gasteiger partial charge >= 0.3 is 0 Å². The summed E-state index contributed by atoms with van der Waals surface area (Å²) < 4.78 is 19.8. The van der Waals surface area contributed by atoms with Crippen molar-refractivity contribution in [3.8, 4) is 28.1 Å². The average Bonchev–Trinajstić information content (AvgIpc) is 3.72. The molecule has 1 aliphatic carbocycles. The van der Waals surface area contributed by atoms with E-state index in [9.17, 15) is 9.18 Å². The van der Waals surface area contributed by atoms with Crippen LogP contribution in [-0.2, 0) is 0 Å². The van der Waals surface area contributed by atoms with E-state index < -0.39 is 5.82 Å². The molecule has 5 rings (SSSR count). The van der Waals surface area contributed by atoms with Crippen molar-refractivity contribution in [1.82, 2.24) is 26.0 Å². The molecule has 2 aromatic heterocycles. The van der Waals surface area contributed by atoms with E-state index in [2.05, 4.69) is 33.0 Å². The molecule has 0 unspecified atom stereocenters. The molecule has 7 nitrogen and oxygen atoms in total. The maximum atomic E-state index is 14.2. The smallest absolute Gasteiger partial charge is 0.285 e. The molecule has 172 valence electrons. The number of nitrogens with zero attached hydrogens (tertiary/aromatic N) is 3. The molecule has 0 aliphatic heterocycles. The number of hydrogen-bond donors (Lipinski definition) is 2. The first kappa shape index (κ1) is 21.9. The molecular weight excluding hydrogens is 433 g/mol. The van der Waals surface area contributed by atoms with Crippen LogP contribution in [0.25, 0.3) is 33.3 Å². The van der Waals surface area contributed by atoms with Gasteiger partial charge in [-0.2, -0.15) is 0 Å². The number of pyridine rings is 1. The maximum Gasteiger partial charge on any atom is 0.285 e. The Morgan fingerprint density at radius 1 is 1.09 bits per heavy atom. The molecule has 1 amide bonds. The summed E-state index contributed by atoms with van der Waals surface area (Å²) in [4.78, 5) is 16.6. The summed E-state index contributed by atoms with van der Waals surface area (Å²) in [5.41, 5.74) is 9.24. The topological polar surface area (TPSA) is 89.0 Å². The van der Waals surface area contributed by atoms with Gasteiger partial charge in [-0.05, 0) is 67.6 Å². The first-order valence-corrected chi connectivity index (χ1v) is 11.2. The van der Waals surface area contributed by atoms with Crippen LogP contribution < -0.4 is 15.6 Å². The van der Waals surface area contributed by atoms with Crippen LogP contribution in [-0.4, -0.2) is 34.2 Å². The number of ether oxygens (including phenoxy) is 1. The predicted molar refractivity (Wildman–Crippen MR) is 128 cm³/mol. The van der Waals surface area contributed by atoms with E-state index >= 15 is 0 Å². The highest BCUT2D eigenvalue weighted by molar-refractivity contribution is 5.96. The molecule has 1 fully saturated rings. The largest absolute Gasteiger partial charge is 0.496 e. The third kappa shape index (κ3) is 4.45. The van der Waals surface area contributed by atoms with Crippen molar-refractivity contribution >= 4 is 16.8 Å². The molecule has 4 aromatic rings. The van der Waals surface area contributed by atoms with Gasteiger partial charge in [-0.15, -0.1) is 10.2 Å². The highest BCUT2D eigenvalue weighted by atomic mass is 19.1. The van der Waals surface area contributed by atoms with Gasteiger partial charge in [-0.3, -0.25) is 15.2 Å². The van der Waals surface area contributed by atoms with E-state index in [1.807, 2.05) is 30.3 Å². The second-order valence-corrected chi connectivity index (χ2v) is 8.48. The highest BCUT2D eigenvalue weighted by Gasteiger charge is 2.28. The summed E-state index contributed by atoms with van der Waals surface area (Å²) in [7, 11) is 1.57. The molecule has 1 atom stereocenters. The number of aromatic nitrogens is 3. The SMILES string of the molecule is COc1cc(-c2ncccc2F)ccc1-c1ccc2cc(C(=O)NN[C@H](C)C3CC3)nnc2c1. The molecule has 0 spiro atoms. The fraction of sp³-hybridized carbons (Fsp3) is 0.231. The Morgan fingerprint density at radius 3 is 2.68 bits per heavy atom. The number of nitrogens with one attached hydrogen (secondary N) is 2. The van der Waals surface area contributed by atoms with Gasteiger partial charge < -0.3 is 4.74 Å². The molecule has 34 heavy (non-hydrogen) atoms. The molecule has 2 N–H and O–H groups in total. The Bertz CT molecular complexity index is 1370. The van der Waals surface area contributed by atoms with E-state index in [0.717, 1.165) is 16.5 Å².